The molecule has 2 rings (SSSR count). The van der Waals surface area contributed by atoms with Crippen LogP contribution in [0.15, 0.2) is 0 Å². The van der Waals surface area contributed by atoms with Crippen LogP contribution in [-0.4, -0.2) is 36.6 Å². The molecule has 0 radical (unpaired) electrons. The van der Waals surface area contributed by atoms with Crippen molar-refractivity contribution in [1.29, 1.82) is 0 Å². The number of aromatic nitrogens is 2. The molecule has 0 spiro atoms. The first-order valence-corrected chi connectivity index (χ1v) is 7.45. The first-order chi connectivity index (χ1) is 9.15. The minimum atomic E-state index is 0.775. The standard InChI is InChI=1S/C15H26N4/c1-5-13-12(9-10-16-11-7-8-11)14(6-2)18-15(17-13)19(3)4/h11,16H,5-10H2,1-4H3. The van der Waals surface area contributed by atoms with Crippen LogP contribution < -0.4 is 10.2 Å². The van der Waals surface area contributed by atoms with E-state index in [2.05, 4.69) is 19.2 Å². The topological polar surface area (TPSA) is 41.1 Å². The summed E-state index contributed by atoms with van der Waals surface area (Å²) in [6.07, 6.45) is 5.70. The maximum absolute atomic E-state index is 4.70. The smallest absolute Gasteiger partial charge is 0.225 e. The molecule has 1 aliphatic carbocycles. The Bertz CT molecular complexity index is 399. The molecule has 1 fully saturated rings. The SMILES string of the molecule is CCc1nc(N(C)C)nc(CC)c1CCNC1CC1. The second kappa shape index (κ2) is 6.33. The van der Waals surface area contributed by atoms with Crippen molar-refractivity contribution in [1.82, 2.24) is 15.3 Å². The lowest BCUT2D eigenvalue weighted by Gasteiger charge is -2.17. The lowest BCUT2D eigenvalue weighted by Crippen LogP contribution is -2.22. The zero-order valence-corrected chi connectivity index (χ0v) is 12.7. The molecule has 0 saturated heterocycles. The molecule has 1 saturated carbocycles. The van der Waals surface area contributed by atoms with E-state index >= 15 is 0 Å². The number of anilines is 1. The minimum Gasteiger partial charge on any atom is -0.347 e. The van der Waals surface area contributed by atoms with Gasteiger partial charge in [-0.15, -0.1) is 0 Å². The van der Waals surface area contributed by atoms with Crippen molar-refractivity contribution in [2.45, 2.75) is 52.0 Å². The molecule has 0 aromatic carbocycles. The number of nitrogens with zero attached hydrogens (tertiary/aromatic N) is 3. The first-order valence-electron chi connectivity index (χ1n) is 7.45. The van der Waals surface area contributed by atoms with Gasteiger partial charge in [0, 0.05) is 31.5 Å². The molecule has 4 nitrogen and oxygen atoms in total. The fourth-order valence-electron chi connectivity index (χ4n) is 2.33. The molecule has 1 aromatic heterocycles. The van der Waals surface area contributed by atoms with Crippen LogP contribution in [0, 0.1) is 0 Å². The normalized spacial score (nSPS) is 14.7. The number of nitrogens with one attached hydrogen (secondary N) is 1. The van der Waals surface area contributed by atoms with Crippen molar-refractivity contribution < 1.29 is 0 Å². The van der Waals surface area contributed by atoms with Gasteiger partial charge in [-0.3, -0.25) is 0 Å². The average molecular weight is 262 g/mol. The van der Waals surface area contributed by atoms with E-state index in [4.69, 9.17) is 9.97 Å². The molecule has 106 valence electrons. The number of hydrogen-bond acceptors (Lipinski definition) is 4. The van der Waals surface area contributed by atoms with Crippen molar-refractivity contribution in [2.24, 2.45) is 0 Å². The van der Waals surface area contributed by atoms with Gasteiger partial charge in [0.25, 0.3) is 0 Å². The van der Waals surface area contributed by atoms with Gasteiger partial charge in [0.15, 0.2) is 0 Å². The van der Waals surface area contributed by atoms with Crippen LogP contribution >= 0.6 is 0 Å². The lowest BCUT2D eigenvalue weighted by molar-refractivity contribution is 0.671. The van der Waals surface area contributed by atoms with E-state index < -0.39 is 0 Å². The Balaban J connectivity index is 2.17. The summed E-state index contributed by atoms with van der Waals surface area (Å²) in [6.45, 7) is 5.41. The molecule has 0 atom stereocenters. The number of hydrogen-bond donors (Lipinski definition) is 1. The lowest BCUT2D eigenvalue weighted by atomic mass is 10.0. The highest BCUT2D eigenvalue weighted by molar-refractivity contribution is 5.36. The summed E-state index contributed by atoms with van der Waals surface area (Å²) in [7, 11) is 4.01. The zero-order chi connectivity index (χ0) is 13.8. The van der Waals surface area contributed by atoms with E-state index in [0.717, 1.165) is 37.8 Å². The Morgan fingerprint density at radius 2 is 1.68 bits per heavy atom. The quantitative estimate of drug-likeness (QED) is 0.815. The molecule has 0 bridgehead atoms. The fraction of sp³-hybridized carbons (Fsp3) is 0.733. The van der Waals surface area contributed by atoms with Gasteiger partial charge in [-0.05, 0) is 44.2 Å². The number of rotatable bonds is 7. The van der Waals surface area contributed by atoms with Gasteiger partial charge in [-0.2, -0.15) is 0 Å². The maximum Gasteiger partial charge on any atom is 0.225 e. The van der Waals surface area contributed by atoms with Gasteiger partial charge >= 0.3 is 0 Å². The fourth-order valence-corrected chi connectivity index (χ4v) is 2.33. The molecule has 4 heteroatoms. The van der Waals surface area contributed by atoms with Gasteiger partial charge in [0.1, 0.15) is 0 Å². The Kier molecular flexibility index (Phi) is 4.75. The van der Waals surface area contributed by atoms with E-state index in [1.165, 1.54) is 29.8 Å². The van der Waals surface area contributed by atoms with Crippen LogP contribution in [0.25, 0.3) is 0 Å². The summed E-state index contributed by atoms with van der Waals surface area (Å²) in [6, 6.07) is 0.775. The molecule has 1 aromatic rings. The molecule has 1 aliphatic rings. The van der Waals surface area contributed by atoms with E-state index in [1.54, 1.807) is 0 Å². The van der Waals surface area contributed by atoms with Crippen LogP contribution in [-0.2, 0) is 19.3 Å². The van der Waals surface area contributed by atoms with Crippen LogP contribution in [0.3, 0.4) is 0 Å². The highest BCUT2D eigenvalue weighted by atomic mass is 15.2. The summed E-state index contributed by atoms with van der Waals surface area (Å²) in [5.74, 6) is 0.840. The Labute approximate surface area is 116 Å². The first kappa shape index (κ1) is 14.3. The Morgan fingerprint density at radius 3 is 2.11 bits per heavy atom. The Hall–Kier alpha value is -1.16. The summed E-state index contributed by atoms with van der Waals surface area (Å²) in [5.41, 5.74) is 3.80. The van der Waals surface area contributed by atoms with Crippen LogP contribution in [0.1, 0.15) is 43.6 Å². The van der Waals surface area contributed by atoms with Gasteiger partial charge < -0.3 is 10.2 Å². The van der Waals surface area contributed by atoms with Crippen LogP contribution in [0.5, 0.6) is 0 Å². The monoisotopic (exact) mass is 262 g/mol. The van der Waals surface area contributed by atoms with Gasteiger partial charge in [-0.1, -0.05) is 13.8 Å². The third-order valence-electron chi connectivity index (χ3n) is 3.62. The zero-order valence-electron chi connectivity index (χ0n) is 12.7. The highest BCUT2D eigenvalue weighted by Gasteiger charge is 2.20. The highest BCUT2D eigenvalue weighted by Crippen LogP contribution is 2.20. The molecule has 19 heavy (non-hydrogen) atoms. The summed E-state index contributed by atoms with van der Waals surface area (Å²) in [5, 5.41) is 3.58. The molecule has 0 unspecified atom stereocenters. The van der Waals surface area contributed by atoms with Crippen LogP contribution in [0.2, 0.25) is 0 Å². The van der Waals surface area contributed by atoms with E-state index in [1.807, 2.05) is 19.0 Å². The van der Waals surface area contributed by atoms with Crippen molar-refractivity contribution in [3.8, 4) is 0 Å². The second-order valence-electron chi connectivity index (χ2n) is 5.48. The third kappa shape index (κ3) is 3.66. The van der Waals surface area contributed by atoms with Crippen LogP contribution in [0.4, 0.5) is 5.95 Å². The predicted molar refractivity (Wildman–Crippen MR) is 79.8 cm³/mol. The summed E-state index contributed by atoms with van der Waals surface area (Å²) >= 11 is 0. The van der Waals surface area contributed by atoms with Gasteiger partial charge in [0.2, 0.25) is 5.95 Å². The second-order valence-corrected chi connectivity index (χ2v) is 5.48. The maximum atomic E-state index is 4.70. The Morgan fingerprint density at radius 1 is 1.11 bits per heavy atom. The van der Waals surface area contributed by atoms with Crippen molar-refractivity contribution in [3.63, 3.8) is 0 Å². The molecule has 1 heterocycles. The number of aryl methyl sites for hydroxylation is 2. The predicted octanol–water partition coefficient (Wildman–Crippen LogP) is 1.96. The van der Waals surface area contributed by atoms with Gasteiger partial charge in [-0.25, -0.2) is 9.97 Å². The molecule has 0 aliphatic heterocycles. The molecular formula is C15H26N4. The van der Waals surface area contributed by atoms with Crippen molar-refractivity contribution in [2.75, 3.05) is 25.5 Å². The largest absolute Gasteiger partial charge is 0.347 e. The minimum absolute atomic E-state index is 0.775. The van der Waals surface area contributed by atoms with Crippen molar-refractivity contribution >= 4 is 5.95 Å². The summed E-state index contributed by atoms with van der Waals surface area (Å²) < 4.78 is 0. The van der Waals surface area contributed by atoms with E-state index in [9.17, 15) is 0 Å². The molecule has 0 amide bonds. The van der Waals surface area contributed by atoms with E-state index in [0.29, 0.717) is 0 Å². The van der Waals surface area contributed by atoms with E-state index in [-0.39, 0.29) is 0 Å². The molecule has 1 N–H and O–H groups in total. The molecular weight excluding hydrogens is 236 g/mol. The summed E-state index contributed by atoms with van der Waals surface area (Å²) in [4.78, 5) is 11.4. The van der Waals surface area contributed by atoms with Gasteiger partial charge in [0.05, 0.1) is 0 Å². The third-order valence-corrected chi connectivity index (χ3v) is 3.62. The average Bonchev–Trinajstić information content (AvgIpc) is 3.22. The van der Waals surface area contributed by atoms with Crippen molar-refractivity contribution in [3.05, 3.63) is 17.0 Å².